The molecule has 1 aliphatic carbocycles. The molecule has 5 aromatic heterocycles. The molecular formula is C58H61N11O8S. The first kappa shape index (κ1) is 51.8. The van der Waals surface area contributed by atoms with E-state index in [-0.39, 0.29) is 79.3 Å². The number of phenols is 1. The third kappa shape index (κ3) is 11.1. The standard InChI is InChI=1S/C58H61N11O8S/c1-33(2)54(58(73)68-31-42(70)23-49(68)57(72)63-34(3)36-11-13-37(14-12-36)55-35(4)62-32-78-55)51-27-53(66-77-51)74-21-7-8-38-15-18-43(28-61-38)75-44-24-45(25-44)76-52-22-39(19-20-60-52)69-40-16-17-41(69)30-67(29-40)48-26-47(64-65-56(48)59)46-9-5-6-10-50(46)71/h5-6,9-15,18-20,22,26-28,32-34,40-42,44-45,49,54,70-71H,16-17,21,23-25,29-31H2,1-4H3,(H2,59,65)(H,63,72)/t34-,40?,41?,42+,44?,45?,49-,54+/m0/s1. The summed E-state index contributed by atoms with van der Waals surface area (Å²) in [5.41, 5.74) is 14.8. The van der Waals surface area contributed by atoms with Crippen molar-refractivity contribution in [2.45, 2.75) is 108 Å². The Morgan fingerprint density at radius 3 is 2.41 bits per heavy atom. The topological polar surface area (TPSA) is 241 Å². The van der Waals surface area contributed by atoms with Crippen LogP contribution in [0.15, 0.2) is 107 Å². The Kier molecular flexibility index (Phi) is 14.9. The third-order valence-electron chi connectivity index (χ3n) is 15.1. The minimum absolute atomic E-state index is 0.0129. The summed E-state index contributed by atoms with van der Waals surface area (Å²) in [4.78, 5) is 48.6. The van der Waals surface area contributed by atoms with Gasteiger partial charge in [-0.15, -0.1) is 21.5 Å². The van der Waals surface area contributed by atoms with Crippen molar-refractivity contribution < 1.29 is 38.5 Å². The fraction of sp³-hybridized carbons (Fsp3) is 0.379. The number of rotatable bonds is 16. The SMILES string of the molecule is Cc1ncsc1-c1ccc([C@H](C)NC(=O)[C@@H]2C[C@@H](O)CN2C(=O)[C@@H](c2cc(OCC#Cc3ccc(OC4CC(Oc5cc(N6C7CCC6CN(c6cc(-c8ccccc8O)nnc6N)C7)ccn5)C4)cn3)no2)C(C)C)cc1. The van der Waals surface area contributed by atoms with Crippen LogP contribution in [-0.4, -0.2) is 120 Å². The molecule has 402 valence electrons. The minimum Gasteiger partial charge on any atom is -0.507 e. The quantitative estimate of drug-likeness (QED) is 0.0685. The number of aromatic nitrogens is 6. The molecule has 2 amide bonds. The Bertz CT molecular complexity index is 3320. The summed E-state index contributed by atoms with van der Waals surface area (Å²) >= 11 is 1.58. The molecule has 5 N–H and O–H groups in total. The van der Waals surface area contributed by atoms with Crippen LogP contribution in [0.2, 0.25) is 0 Å². The van der Waals surface area contributed by atoms with Crippen LogP contribution in [0.25, 0.3) is 21.7 Å². The van der Waals surface area contributed by atoms with Gasteiger partial charge in [0, 0.05) is 80.6 Å². The van der Waals surface area contributed by atoms with Crippen LogP contribution in [0, 0.1) is 24.7 Å². The van der Waals surface area contributed by atoms with E-state index < -0.39 is 18.1 Å². The minimum atomic E-state index is -0.860. The van der Waals surface area contributed by atoms with Crippen LogP contribution >= 0.6 is 11.3 Å². The van der Waals surface area contributed by atoms with E-state index in [1.807, 2.05) is 100 Å². The van der Waals surface area contributed by atoms with Gasteiger partial charge < -0.3 is 54.7 Å². The molecule has 0 spiro atoms. The van der Waals surface area contributed by atoms with E-state index in [2.05, 4.69) is 57.3 Å². The lowest BCUT2D eigenvalue weighted by Crippen LogP contribution is -2.54. The number of nitrogens with zero attached hydrogens (tertiary/aromatic N) is 9. The summed E-state index contributed by atoms with van der Waals surface area (Å²) < 4.78 is 24.0. The Labute approximate surface area is 455 Å². The Hall–Kier alpha value is -8.28. The maximum atomic E-state index is 14.2. The zero-order chi connectivity index (χ0) is 54.0. The Morgan fingerprint density at radius 2 is 1.68 bits per heavy atom. The van der Waals surface area contributed by atoms with E-state index in [1.54, 1.807) is 41.8 Å². The number of hydrogen-bond donors (Lipinski definition) is 4. The molecule has 3 saturated heterocycles. The number of β-amino-alcohol motifs (C(OH)–C–C–N with tert-alkyl or cyclic N) is 1. The fourth-order valence-corrected chi connectivity index (χ4v) is 11.9. The van der Waals surface area contributed by atoms with Crippen molar-refractivity contribution in [3.05, 3.63) is 126 Å². The first-order chi connectivity index (χ1) is 37.8. The van der Waals surface area contributed by atoms with E-state index in [0.29, 0.717) is 53.0 Å². The molecular weight excluding hydrogens is 1010 g/mol. The third-order valence-corrected chi connectivity index (χ3v) is 16.1. The molecule has 8 heterocycles. The van der Waals surface area contributed by atoms with Crippen LogP contribution in [0.1, 0.15) is 87.5 Å². The molecule has 78 heavy (non-hydrogen) atoms. The van der Waals surface area contributed by atoms with Gasteiger partial charge in [-0.05, 0) is 91.2 Å². The van der Waals surface area contributed by atoms with Gasteiger partial charge in [0.1, 0.15) is 41.4 Å². The number of aliphatic hydroxyl groups is 1. The summed E-state index contributed by atoms with van der Waals surface area (Å²) in [6.07, 6.45) is 6.18. The summed E-state index contributed by atoms with van der Waals surface area (Å²) in [6.45, 7) is 9.20. The van der Waals surface area contributed by atoms with Crippen molar-refractivity contribution in [3.8, 4) is 56.8 Å². The predicted octanol–water partition coefficient (Wildman–Crippen LogP) is 7.50. The number of phenolic OH excluding ortho intramolecular Hbond substituents is 1. The van der Waals surface area contributed by atoms with Crippen LogP contribution in [0.3, 0.4) is 0 Å². The molecule has 4 aliphatic rings. The number of likely N-dealkylation sites (tertiary alicyclic amines) is 1. The number of amides is 2. The number of para-hydroxylation sites is 1. The number of carbonyl (C=O) groups excluding carboxylic acids is 2. The van der Waals surface area contributed by atoms with Gasteiger partial charge >= 0.3 is 0 Å². The Balaban J connectivity index is 0.627. The highest BCUT2D eigenvalue weighted by Crippen LogP contribution is 2.41. The van der Waals surface area contributed by atoms with Crippen molar-refractivity contribution in [2.24, 2.45) is 5.92 Å². The molecule has 11 rings (SSSR count). The highest BCUT2D eigenvalue weighted by molar-refractivity contribution is 7.13. The average molecular weight is 1070 g/mol. The van der Waals surface area contributed by atoms with Crippen LogP contribution < -0.4 is 35.1 Å². The molecule has 7 aromatic rings. The van der Waals surface area contributed by atoms with Gasteiger partial charge in [0.15, 0.2) is 18.2 Å². The highest BCUT2D eigenvalue weighted by Gasteiger charge is 2.44. The number of hydrogen-bond acceptors (Lipinski definition) is 18. The highest BCUT2D eigenvalue weighted by atomic mass is 32.1. The van der Waals surface area contributed by atoms with Crippen LogP contribution in [0.5, 0.6) is 23.3 Å². The molecule has 2 unspecified atom stereocenters. The van der Waals surface area contributed by atoms with Gasteiger partial charge in [-0.1, -0.05) is 56.2 Å². The number of aromatic hydroxyl groups is 1. The molecule has 0 radical (unpaired) electrons. The van der Waals surface area contributed by atoms with Crippen molar-refractivity contribution in [1.82, 2.24) is 40.5 Å². The van der Waals surface area contributed by atoms with Gasteiger partial charge in [0.25, 0.3) is 5.88 Å². The lowest BCUT2D eigenvalue weighted by Gasteiger charge is -2.43. The van der Waals surface area contributed by atoms with Crippen LogP contribution in [0.4, 0.5) is 17.2 Å². The number of thiazole rings is 1. The number of anilines is 3. The summed E-state index contributed by atoms with van der Waals surface area (Å²) in [6, 6.07) is 25.6. The largest absolute Gasteiger partial charge is 0.507 e. The number of benzene rings is 2. The van der Waals surface area contributed by atoms with Crippen LogP contribution in [-0.2, 0) is 9.59 Å². The zero-order valence-corrected chi connectivity index (χ0v) is 44.5. The first-order valence-corrected chi connectivity index (χ1v) is 27.3. The zero-order valence-electron chi connectivity index (χ0n) is 43.7. The number of pyridine rings is 2. The van der Waals surface area contributed by atoms with E-state index in [4.69, 9.17) is 24.5 Å². The number of aliphatic hydroxyl groups excluding tert-OH is 1. The second-order valence-corrected chi connectivity index (χ2v) is 21.6. The number of nitrogen functional groups attached to an aromatic ring is 1. The second kappa shape index (κ2) is 22.4. The summed E-state index contributed by atoms with van der Waals surface area (Å²) in [7, 11) is 0. The first-order valence-electron chi connectivity index (χ1n) is 26.4. The molecule has 2 aromatic carbocycles. The number of nitrogens with two attached hydrogens (primary N) is 1. The van der Waals surface area contributed by atoms with E-state index in [0.717, 1.165) is 59.0 Å². The van der Waals surface area contributed by atoms with Gasteiger partial charge in [0.2, 0.25) is 17.7 Å². The van der Waals surface area contributed by atoms with E-state index >= 15 is 0 Å². The molecule has 2 bridgehead atoms. The number of ether oxygens (including phenoxy) is 3. The normalized spacial score (nSPS) is 21.3. The number of carbonyl (C=O) groups is 2. The maximum Gasteiger partial charge on any atom is 0.255 e. The molecule has 19 nitrogen and oxygen atoms in total. The average Bonchev–Trinajstić information content (AvgIpc) is 4.28. The molecule has 3 aliphatic heterocycles. The maximum absolute atomic E-state index is 14.2. The lowest BCUT2D eigenvalue weighted by molar-refractivity contribution is -0.141. The number of piperazine rings is 1. The fourth-order valence-electron chi connectivity index (χ4n) is 11.0. The van der Waals surface area contributed by atoms with Crippen molar-refractivity contribution in [2.75, 3.05) is 41.8 Å². The summed E-state index contributed by atoms with van der Waals surface area (Å²) in [5, 5.41) is 36.8. The van der Waals surface area contributed by atoms with Gasteiger partial charge in [0.05, 0.1) is 45.8 Å². The monoisotopic (exact) mass is 1070 g/mol. The number of nitrogens with one attached hydrogen (secondary N) is 1. The van der Waals surface area contributed by atoms with Crippen molar-refractivity contribution in [3.63, 3.8) is 0 Å². The smallest absolute Gasteiger partial charge is 0.255 e. The van der Waals surface area contributed by atoms with E-state index in [9.17, 15) is 19.8 Å². The summed E-state index contributed by atoms with van der Waals surface area (Å²) in [5.74, 6) is 6.46. The molecule has 1 saturated carbocycles. The molecule has 20 heteroatoms. The Morgan fingerprint density at radius 1 is 0.897 bits per heavy atom. The number of fused-ring (bicyclic) bond motifs is 2. The van der Waals surface area contributed by atoms with Crippen molar-refractivity contribution in [1.29, 1.82) is 0 Å². The van der Waals surface area contributed by atoms with Gasteiger partial charge in [-0.3, -0.25) is 9.59 Å². The number of aryl methyl sites for hydroxylation is 1. The van der Waals surface area contributed by atoms with Gasteiger partial charge in [-0.2, -0.15) is 0 Å². The molecule has 4 fully saturated rings. The van der Waals surface area contributed by atoms with Crippen molar-refractivity contribution >= 4 is 40.3 Å². The molecule has 6 atom stereocenters. The van der Waals surface area contributed by atoms with E-state index in [1.165, 1.54) is 4.90 Å². The van der Waals surface area contributed by atoms with Gasteiger partial charge in [-0.25, -0.2) is 15.0 Å². The second-order valence-electron chi connectivity index (χ2n) is 20.8. The predicted molar refractivity (Wildman–Crippen MR) is 293 cm³/mol. The lowest BCUT2D eigenvalue weighted by atomic mass is 9.91.